The number of aryl methyl sites for hydroxylation is 1. The van der Waals surface area contributed by atoms with Gasteiger partial charge in [-0.1, -0.05) is 12.1 Å². The monoisotopic (exact) mass is 355 g/mol. The van der Waals surface area contributed by atoms with Crippen molar-refractivity contribution in [2.24, 2.45) is 0 Å². The summed E-state index contributed by atoms with van der Waals surface area (Å²) in [6.45, 7) is 4.13. The van der Waals surface area contributed by atoms with E-state index < -0.39 is 0 Å². The van der Waals surface area contributed by atoms with Gasteiger partial charge in [0.1, 0.15) is 17.0 Å². The Kier molecular flexibility index (Phi) is 3.69. The van der Waals surface area contributed by atoms with E-state index in [1.54, 1.807) is 17.7 Å². The molecule has 0 bridgehead atoms. The van der Waals surface area contributed by atoms with Gasteiger partial charge in [0, 0.05) is 29.8 Å². The molecule has 0 amide bonds. The Hall–Kier alpha value is -2.02. The van der Waals surface area contributed by atoms with Crippen LogP contribution in [0, 0.1) is 0 Å². The first-order valence-electron chi connectivity index (χ1n) is 9.13. The average molecular weight is 355 g/mol. The van der Waals surface area contributed by atoms with Crippen LogP contribution in [0.4, 0.5) is 5.82 Å². The highest BCUT2D eigenvalue weighted by Gasteiger charge is 2.32. The largest absolute Gasteiger partial charge is 0.356 e. The molecule has 130 valence electrons. The molecular weight excluding hydrogens is 334 g/mol. The Morgan fingerprint density at radius 1 is 1.16 bits per heavy atom. The van der Waals surface area contributed by atoms with Crippen LogP contribution in [0.2, 0.25) is 0 Å². The van der Waals surface area contributed by atoms with Crippen LogP contribution in [0.15, 0.2) is 16.9 Å². The van der Waals surface area contributed by atoms with Crippen LogP contribution in [0.5, 0.6) is 0 Å². The van der Waals surface area contributed by atoms with Gasteiger partial charge in [-0.25, -0.2) is 9.97 Å². The number of aromatic nitrogens is 4. The second kappa shape index (κ2) is 6.05. The van der Waals surface area contributed by atoms with Gasteiger partial charge in [0.25, 0.3) is 0 Å². The number of anilines is 1. The molecule has 2 aliphatic rings. The minimum Gasteiger partial charge on any atom is -0.356 e. The molecule has 0 N–H and O–H groups in total. The van der Waals surface area contributed by atoms with Crippen molar-refractivity contribution in [3.63, 3.8) is 0 Å². The van der Waals surface area contributed by atoms with Crippen molar-refractivity contribution < 1.29 is 4.52 Å². The summed E-state index contributed by atoms with van der Waals surface area (Å²) >= 11 is 1.77. The third-order valence-electron chi connectivity index (χ3n) is 5.25. The van der Waals surface area contributed by atoms with Crippen LogP contribution in [0.3, 0.4) is 0 Å². The highest BCUT2D eigenvalue weighted by molar-refractivity contribution is 7.18. The lowest BCUT2D eigenvalue weighted by Crippen LogP contribution is -2.33. The third kappa shape index (κ3) is 2.80. The lowest BCUT2D eigenvalue weighted by atomic mass is 9.96. The summed E-state index contributed by atoms with van der Waals surface area (Å²) < 4.78 is 5.43. The molecular formula is C18H21N5OS. The topological polar surface area (TPSA) is 67.9 Å². The molecule has 1 aliphatic carbocycles. The summed E-state index contributed by atoms with van der Waals surface area (Å²) in [5.74, 6) is 3.75. The first-order valence-corrected chi connectivity index (χ1v) is 9.95. The van der Waals surface area contributed by atoms with Gasteiger partial charge in [0.05, 0.1) is 5.39 Å². The zero-order chi connectivity index (χ0) is 16.8. The van der Waals surface area contributed by atoms with Gasteiger partial charge in [0.2, 0.25) is 5.89 Å². The molecule has 4 heterocycles. The molecule has 0 spiro atoms. The number of piperidine rings is 1. The summed E-state index contributed by atoms with van der Waals surface area (Å²) in [5, 5.41) is 5.43. The quantitative estimate of drug-likeness (QED) is 0.707. The van der Waals surface area contributed by atoms with E-state index in [4.69, 9.17) is 4.52 Å². The van der Waals surface area contributed by atoms with E-state index in [2.05, 4.69) is 38.0 Å². The molecule has 3 aromatic heterocycles. The van der Waals surface area contributed by atoms with E-state index in [0.29, 0.717) is 11.8 Å². The van der Waals surface area contributed by atoms with E-state index in [1.807, 2.05) is 0 Å². The number of hydrogen-bond donors (Lipinski definition) is 0. The number of fused-ring (bicyclic) bond motifs is 1. The first kappa shape index (κ1) is 15.3. The number of rotatable bonds is 4. The lowest BCUT2D eigenvalue weighted by molar-refractivity contribution is 0.365. The second-order valence-electron chi connectivity index (χ2n) is 7.01. The highest BCUT2D eigenvalue weighted by atomic mass is 32.1. The van der Waals surface area contributed by atoms with E-state index in [9.17, 15) is 0 Å². The maximum atomic E-state index is 5.43. The third-order valence-corrected chi connectivity index (χ3v) is 6.44. The normalized spacial score (nSPS) is 19.0. The summed E-state index contributed by atoms with van der Waals surface area (Å²) in [5.41, 5.74) is 0. The zero-order valence-corrected chi connectivity index (χ0v) is 15.1. The standard InChI is InChI=1S/C18H21N5OS/c1-2-13-9-14-16(19-10-20-18(14)25-13)23-7-5-11(6-8-23)15-21-17(24-22-15)12-3-4-12/h9-12H,2-8H2,1H3. The van der Waals surface area contributed by atoms with Crippen molar-refractivity contribution >= 4 is 27.4 Å². The molecule has 25 heavy (non-hydrogen) atoms. The lowest BCUT2D eigenvalue weighted by Gasteiger charge is -2.31. The molecule has 5 rings (SSSR count). The Morgan fingerprint density at radius 3 is 2.76 bits per heavy atom. The van der Waals surface area contributed by atoms with Crippen LogP contribution in [0.1, 0.15) is 61.0 Å². The van der Waals surface area contributed by atoms with Crippen molar-refractivity contribution in [1.82, 2.24) is 20.1 Å². The maximum Gasteiger partial charge on any atom is 0.229 e. The van der Waals surface area contributed by atoms with Gasteiger partial charge in [-0.2, -0.15) is 4.98 Å². The fraction of sp³-hybridized carbons (Fsp3) is 0.556. The van der Waals surface area contributed by atoms with Crippen molar-refractivity contribution in [2.75, 3.05) is 18.0 Å². The summed E-state index contributed by atoms with van der Waals surface area (Å²) in [7, 11) is 0. The maximum absolute atomic E-state index is 5.43. The SMILES string of the molecule is CCc1cc2c(N3CCC(c4noc(C5CC5)n4)CC3)ncnc2s1. The zero-order valence-electron chi connectivity index (χ0n) is 14.3. The van der Waals surface area contributed by atoms with Gasteiger partial charge in [-0.05, 0) is 38.2 Å². The molecule has 0 atom stereocenters. The summed E-state index contributed by atoms with van der Waals surface area (Å²) in [6, 6.07) is 2.25. The Labute approximate surface area is 150 Å². The number of thiophene rings is 1. The molecule has 1 aliphatic heterocycles. The molecule has 1 saturated carbocycles. The van der Waals surface area contributed by atoms with Crippen LogP contribution in [0.25, 0.3) is 10.2 Å². The molecule has 6 nitrogen and oxygen atoms in total. The van der Waals surface area contributed by atoms with Gasteiger partial charge in [-0.3, -0.25) is 0 Å². The van der Waals surface area contributed by atoms with Crippen LogP contribution in [-0.4, -0.2) is 33.2 Å². The molecule has 0 unspecified atom stereocenters. The van der Waals surface area contributed by atoms with Gasteiger partial charge < -0.3 is 9.42 Å². The van der Waals surface area contributed by atoms with Gasteiger partial charge >= 0.3 is 0 Å². The van der Waals surface area contributed by atoms with Crippen molar-refractivity contribution in [3.8, 4) is 0 Å². The summed E-state index contributed by atoms with van der Waals surface area (Å²) in [4.78, 5) is 18.5. The van der Waals surface area contributed by atoms with E-state index >= 15 is 0 Å². The fourth-order valence-corrected chi connectivity index (χ4v) is 4.51. The minimum absolute atomic E-state index is 0.401. The van der Waals surface area contributed by atoms with Crippen LogP contribution < -0.4 is 4.90 Å². The Bertz CT molecular complexity index is 892. The second-order valence-corrected chi connectivity index (χ2v) is 8.12. The van der Waals surface area contributed by atoms with E-state index in [1.165, 1.54) is 23.1 Å². The van der Waals surface area contributed by atoms with Crippen molar-refractivity contribution in [3.05, 3.63) is 29.0 Å². The van der Waals surface area contributed by atoms with E-state index in [-0.39, 0.29) is 0 Å². The van der Waals surface area contributed by atoms with Gasteiger partial charge in [0.15, 0.2) is 5.82 Å². The molecule has 0 radical (unpaired) electrons. The van der Waals surface area contributed by atoms with E-state index in [0.717, 1.165) is 54.7 Å². The Balaban J connectivity index is 1.33. The fourth-order valence-electron chi connectivity index (χ4n) is 3.58. The molecule has 1 saturated heterocycles. The van der Waals surface area contributed by atoms with Crippen LogP contribution >= 0.6 is 11.3 Å². The average Bonchev–Trinajstić information content (AvgIpc) is 3.23. The minimum atomic E-state index is 0.401. The smallest absolute Gasteiger partial charge is 0.229 e. The predicted molar refractivity (Wildman–Crippen MR) is 97.3 cm³/mol. The van der Waals surface area contributed by atoms with Gasteiger partial charge in [-0.15, -0.1) is 11.3 Å². The Morgan fingerprint density at radius 2 is 2.00 bits per heavy atom. The molecule has 2 fully saturated rings. The van der Waals surface area contributed by atoms with Crippen molar-refractivity contribution in [1.29, 1.82) is 0 Å². The van der Waals surface area contributed by atoms with Crippen molar-refractivity contribution in [2.45, 2.75) is 50.9 Å². The first-order chi connectivity index (χ1) is 12.3. The number of hydrogen-bond acceptors (Lipinski definition) is 7. The van der Waals surface area contributed by atoms with Crippen LogP contribution in [-0.2, 0) is 6.42 Å². The molecule has 0 aromatic carbocycles. The molecule has 3 aromatic rings. The number of nitrogens with zero attached hydrogens (tertiary/aromatic N) is 5. The highest BCUT2D eigenvalue weighted by Crippen LogP contribution is 2.40. The molecule has 7 heteroatoms. The summed E-state index contributed by atoms with van der Waals surface area (Å²) in [6.07, 6.45) is 7.22. The predicted octanol–water partition coefficient (Wildman–Crippen LogP) is 3.90.